The molecule has 1 saturated carbocycles. The minimum atomic E-state index is -0.584. The monoisotopic (exact) mass is 340 g/mol. The molecule has 1 aromatic carbocycles. The SMILES string of the molecule is CN(Cc1ccc(Br)cc1)C(=O)C1(C(N)=S)CCC1. The molecule has 1 aliphatic carbocycles. The lowest BCUT2D eigenvalue weighted by atomic mass is 9.67. The number of hydrogen-bond donors (Lipinski definition) is 1. The highest BCUT2D eigenvalue weighted by atomic mass is 79.9. The molecule has 1 amide bonds. The summed E-state index contributed by atoms with van der Waals surface area (Å²) in [6, 6.07) is 7.95. The van der Waals surface area contributed by atoms with Crippen LogP contribution in [0.5, 0.6) is 0 Å². The molecule has 0 spiro atoms. The first-order chi connectivity index (χ1) is 8.95. The summed E-state index contributed by atoms with van der Waals surface area (Å²) in [5.74, 6) is 0.0502. The van der Waals surface area contributed by atoms with E-state index in [9.17, 15) is 4.79 Å². The van der Waals surface area contributed by atoms with Crippen LogP contribution >= 0.6 is 28.1 Å². The number of halogens is 1. The van der Waals surface area contributed by atoms with Crippen molar-refractivity contribution in [1.82, 2.24) is 4.90 Å². The van der Waals surface area contributed by atoms with Crippen molar-refractivity contribution in [3.63, 3.8) is 0 Å². The molecule has 0 saturated heterocycles. The second-order valence-corrected chi connectivity index (χ2v) is 6.44. The van der Waals surface area contributed by atoms with Crippen LogP contribution in [0, 0.1) is 5.41 Å². The van der Waals surface area contributed by atoms with Crippen LogP contribution in [0.3, 0.4) is 0 Å². The number of benzene rings is 1. The minimum Gasteiger partial charge on any atom is -0.392 e. The Morgan fingerprint density at radius 3 is 2.42 bits per heavy atom. The van der Waals surface area contributed by atoms with Crippen LogP contribution in [-0.4, -0.2) is 22.8 Å². The molecule has 5 heteroatoms. The number of hydrogen-bond acceptors (Lipinski definition) is 2. The van der Waals surface area contributed by atoms with E-state index in [-0.39, 0.29) is 5.91 Å². The summed E-state index contributed by atoms with van der Waals surface area (Å²) in [6.07, 6.45) is 2.59. The predicted molar refractivity (Wildman–Crippen MR) is 83.7 cm³/mol. The standard InChI is InChI=1S/C14H17BrN2OS/c1-17(9-10-3-5-11(15)6-4-10)13(18)14(12(16)19)7-2-8-14/h3-6H,2,7-9H2,1H3,(H2,16,19). The zero-order chi connectivity index (χ0) is 14.0. The summed E-state index contributed by atoms with van der Waals surface area (Å²) < 4.78 is 1.03. The van der Waals surface area contributed by atoms with Crippen LogP contribution in [-0.2, 0) is 11.3 Å². The van der Waals surface area contributed by atoms with Gasteiger partial charge >= 0.3 is 0 Å². The molecule has 0 heterocycles. The lowest BCUT2D eigenvalue weighted by Gasteiger charge is -2.41. The normalized spacial score (nSPS) is 16.5. The second kappa shape index (κ2) is 5.59. The molecule has 0 aromatic heterocycles. The third-order valence-electron chi connectivity index (χ3n) is 3.77. The third-order valence-corrected chi connectivity index (χ3v) is 4.69. The van der Waals surface area contributed by atoms with Crippen LogP contribution in [0.15, 0.2) is 28.7 Å². The van der Waals surface area contributed by atoms with Gasteiger partial charge in [-0.2, -0.15) is 0 Å². The van der Waals surface area contributed by atoms with Crippen LogP contribution in [0.25, 0.3) is 0 Å². The van der Waals surface area contributed by atoms with Crippen molar-refractivity contribution in [3.05, 3.63) is 34.3 Å². The van der Waals surface area contributed by atoms with Gasteiger partial charge in [0.05, 0.1) is 10.4 Å². The number of thiocarbonyl (C=S) groups is 1. The summed E-state index contributed by atoms with van der Waals surface area (Å²) in [5, 5.41) is 0. The van der Waals surface area contributed by atoms with E-state index in [0.29, 0.717) is 11.5 Å². The van der Waals surface area contributed by atoms with Crippen LogP contribution in [0.4, 0.5) is 0 Å². The Kier molecular flexibility index (Phi) is 4.26. The van der Waals surface area contributed by atoms with Gasteiger partial charge in [-0.15, -0.1) is 0 Å². The lowest BCUT2D eigenvalue weighted by molar-refractivity contribution is -0.141. The quantitative estimate of drug-likeness (QED) is 0.857. The highest BCUT2D eigenvalue weighted by molar-refractivity contribution is 9.10. The highest BCUT2D eigenvalue weighted by Crippen LogP contribution is 2.42. The van der Waals surface area contributed by atoms with Crippen molar-refractivity contribution in [1.29, 1.82) is 0 Å². The van der Waals surface area contributed by atoms with Crippen molar-refractivity contribution in [2.45, 2.75) is 25.8 Å². The first-order valence-corrected chi connectivity index (χ1v) is 7.46. The molecule has 2 N–H and O–H groups in total. The van der Waals surface area contributed by atoms with Gasteiger partial charge in [-0.3, -0.25) is 4.79 Å². The molecule has 102 valence electrons. The van der Waals surface area contributed by atoms with E-state index in [2.05, 4.69) is 15.9 Å². The average Bonchev–Trinajstić information content (AvgIpc) is 2.30. The summed E-state index contributed by atoms with van der Waals surface area (Å²) >= 11 is 8.48. The molecule has 19 heavy (non-hydrogen) atoms. The molecule has 0 aliphatic heterocycles. The largest absolute Gasteiger partial charge is 0.392 e. The molecule has 2 rings (SSSR count). The number of carbonyl (C=O) groups is 1. The number of nitrogens with zero attached hydrogens (tertiary/aromatic N) is 1. The van der Waals surface area contributed by atoms with E-state index in [0.717, 1.165) is 29.3 Å². The Balaban J connectivity index is 2.07. The Morgan fingerprint density at radius 1 is 1.42 bits per heavy atom. The van der Waals surface area contributed by atoms with Gasteiger partial charge in [-0.05, 0) is 30.5 Å². The maximum atomic E-state index is 12.5. The topological polar surface area (TPSA) is 46.3 Å². The fourth-order valence-electron chi connectivity index (χ4n) is 2.40. The smallest absolute Gasteiger partial charge is 0.235 e. The maximum Gasteiger partial charge on any atom is 0.235 e. The van der Waals surface area contributed by atoms with Gasteiger partial charge in [0.15, 0.2) is 0 Å². The van der Waals surface area contributed by atoms with Gasteiger partial charge in [-0.25, -0.2) is 0 Å². The Hall–Kier alpha value is -0.940. The second-order valence-electron chi connectivity index (χ2n) is 5.09. The third kappa shape index (κ3) is 2.82. The molecule has 0 unspecified atom stereocenters. The molecule has 1 aliphatic rings. The van der Waals surface area contributed by atoms with Crippen LogP contribution in [0.2, 0.25) is 0 Å². The van der Waals surface area contributed by atoms with Gasteiger partial charge in [0.1, 0.15) is 0 Å². The van der Waals surface area contributed by atoms with Crippen molar-refractivity contribution in [2.24, 2.45) is 11.1 Å². The predicted octanol–water partition coefficient (Wildman–Crippen LogP) is 2.86. The van der Waals surface area contributed by atoms with Gasteiger partial charge in [0.2, 0.25) is 5.91 Å². The van der Waals surface area contributed by atoms with Crippen molar-refractivity contribution in [2.75, 3.05) is 7.05 Å². The maximum absolute atomic E-state index is 12.5. The minimum absolute atomic E-state index is 0.0502. The van der Waals surface area contributed by atoms with E-state index in [4.69, 9.17) is 18.0 Å². The lowest BCUT2D eigenvalue weighted by Crippen LogP contribution is -2.53. The molecular formula is C14H17BrN2OS. The number of rotatable bonds is 4. The summed E-state index contributed by atoms with van der Waals surface area (Å²) in [5.41, 5.74) is 6.27. The molecule has 1 fully saturated rings. The van der Waals surface area contributed by atoms with E-state index in [1.54, 1.807) is 4.90 Å². The first kappa shape index (κ1) is 14.5. The number of carbonyl (C=O) groups excluding carboxylic acids is 1. The Labute approximate surface area is 127 Å². The molecule has 3 nitrogen and oxygen atoms in total. The van der Waals surface area contributed by atoms with Gasteiger partial charge in [0, 0.05) is 18.1 Å². The number of amides is 1. The molecule has 0 radical (unpaired) electrons. The Bertz CT molecular complexity index is 497. The highest BCUT2D eigenvalue weighted by Gasteiger charge is 2.48. The van der Waals surface area contributed by atoms with Crippen molar-refractivity contribution < 1.29 is 4.79 Å². The first-order valence-electron chi connectivity index (χ1n) is 6.25. The van der Waals surface area contributed by atoms with Crippen LogP contribution < -0.4 is 5.73 Å². The summed E-state index contributed by atoms with van der Waals surface area (Å²) in [7, 11) is 1.81. The molecular weight excluding hydrogens is 324 g/mol. The van der Waals surface area contributed by atoms with E-state index >= 15 is 0 Å². The van der Waals surface area contributed by atoms with E-state index in [1.807, 2.05) is 31.3 Å². The molecule has 0 atom stereocenters. The van der Waals surface area contributed by atoms with Gasteiger partial charge < -0.3 is 10.6 Å². The summed E-state index contributed by atoms with van der Waals surface area (Å²) in [4.78, 5) is 14.6. The van der Waals surface area contributed by atoms with Crippen molar-refractivity contribution in [3.8, 4) is 0 Å². The average molecular weight is 341 g/mol. The Morgan fingerprint density at radius 2 is 2.00 bits per heavy atom. The molecule has 1 aromatic rings. The fourth-order valence-corrected chi connectivity index (χ4v) is 2.95. The fraction of sp³-hybridized carbons (Fsp3) is 0.429. The van der Waals surface area contributed by atoms with Gasteiger partial charge in [-0.1, -0.05) is 46.7 Å². The van der Waals surface area contributed by atoms with Crippen LogP contribution in [0.1, 0.15) is 24.8 Å². The summed E-state index contributed by atoms with van der Waals surface area (Å²) in [6.45, 7) is 0.580. The molecule has 0 bridgehead atoms. The van der Waals surface area contributed by atoms with Crippen molar-refractivity contribution >= 4 is 39.0 Å². The van der Waals surface area contributed by atoms with Gasteiger partial charge in [0.25, 0.3) is 0 Å². The van der Waals surface area contributed by atoms with E-state index in [1.165, 1.54) is 0 Å². The zero-order valence-corrected chi connectivity index (χ0v) is 13.3. The zero-order valence-electron chi connectivity index (χ0n) is 10.9. The van der Waals surface area contributed by atoms with E-state index < -0.39 is 5.41 Å². The number of nitrogens with two attached hydrogens (primary N) is 1.